The second-order valence-corrected chi connectivity index (χ2v) is 2.05. The number of rotatable bonds is 1. The minimum atomic E-state index is -2.48. The molecule has 0 rings (SSSR count). The van der Waals surface area contributed by atoms with Crippen LogP contribution in [-0.4, -0.2) is 12.2 Å². The van der Waals surface area contributed by atoms with Crippen LogP contribution in [-0.2, 0) is 0 Å². The lowest BCUT2D eigenvalue weighted by Gasteiger charge is -1.78. The summed E-state index contributed by atoms with van der Waals surface area (Å²) in [7, 11) is 0. The van der Waals surface area contributed by atoms with Crippen molar-refractivity contribution in [2.75, 3.05) is 5.75 Å². The van der Waals surface area contributed by atoms with Gasteiger partial charge in [-0.1, -0.05) is 18.7 Å². The van der Waals surface area contributed by atoms with Crippen LogP contribution in [0.1, 0.15) is 6.92 Å². The van der Waals surface area contributed by atoms with E-state index in [1.807, 2.05) is 6.92 Å². The maximum absolute atomic E-state index is 11.2. The van der Waals surface area contributed by atoms with Crippen LogP contribution < -0.4 is 0 Å². The molecule has 0 radical (unpaired) electrons. The lowest BCUT2D eigenvalue weighted by Crippen LogP contribution is -1.78. The highest BCUT2D eigenvalue weighted by atomic mass is 32.2. The fourth-order valence-electron chi connectivity index (χ4n) is 0.158. The zero-order valence-electron chi connectivity index (χ0n) is 4.45. The van der Waals surface area contributed by atoms with E-state index in [4.69, 9.17) is 0 Å². The van der Waals surface area contributed by atoms with E-state index in [2.05, 4.69) is 5.25 Å². The summed E-state index contributed by atoms with van der Waals surface area (Å²) in [4.78, 5) is 0. The van der Waals surface area contributed by atoms with Crippen molar-refractivity contribution in [3.8, 4) is 11.2 Å². The molecule has 0 aliphatic heterocycles. The molecular formula is C5H6F2S. The van der Waals surface area contributed by atoms with Gasteiger partial charge in [0.2, 0.25) is 0 Å². The first kappa shape index (κ1) is 7.77. The van der Waals surface area contributed by atoms with Crippen molar-refractivity contribution in [2.45, 2.75) is 13.3 Å². The Morgan fingerprint density at radius 2 is 2.25 bits per heavy atom. The van der Waals surface area contributed by atoms with Gasteiger partial charge in [-0.2, -0.15) is 8.78 Å². The third kappa shape index (κ3) is 5.77. The summed E-state index contributed by atoms with van der Waals surface area (Å²) >= 11 is 1.20. The molecule has 46 valence electrons. The van der Waals surface area contributed by atoms with E-state index in [0.29, 0.717) is 0 Å². The standard InChI is InChI=1S/C5H6F2S/c1-2-8-4-3-5(6)7/h5H,2H2,1H3. The van der Waals surface area contributed by atoms with Gasteiger partial charge in [0.1, 0.15) is 0 Å². The van der Waals surface area contributed by atoms with Gasteiger partial charge in [-0.25, -0.2) is 0 Å². The fraction of sp³-hybridized carbons (Fsp3) is 0.600. The Kier molecular flexibility index (Phi) is 4.78. The summed E-state index contributed by atoms with van der Waals surface area (Å²) in [5, 5.41) is 2.25. The van der Waals surface area contributed by atoms with Gasteiger partial charge in [0.05, 0.1) is 0 Å². The van der Waals surface area contributed by atoms with Crippen LogP contribution in [0.2, 0.25) is 0 Å². The summed E-state index contributed by atoms with van der Waals surface area (Å²) < 4.78 is 22.3. The highest BCUT2D eigenvalue weighted by molar-refractivity contribution is 8.03. The topological polar surface area (TPSA) is 0 Å². The molecule has 0 heterocycles. The molecule has 0 saturated carbocycles. The molecule has 0 atom stereocenters. The van der Waals surface area contributed by atoms with E-state index < -0.39 is 6.43 Å². The van der Waals surface area contributed by atoms with Crippen molar-refractivity contribution < 1.29 is 8.78 Å². The second-order valence-electron chi connectivity index (χ2n) is 0.980. The first-order valence-electron chi connectivity index (χ1n) is 2.18. The third-order valence-electron chi connectivity index (χ3n) is 0.385. The summed E-state index contributed by atoms with van der Waals surface area (Å²) in [6, 6.07) is 0. The van der Waals surface area contributed by atoms with E-state index in [-0.39, 0.29) is 0 Å². The molecule has 0 aromatic carbocycles. The molecule has 0 unspecified atom stereocenters. The van der Waals surface area contributed by atoms with E-state index in [0.717, 1.165) is 5.75 Å². The number of hydrogen-bond donors (Lipinski definition) is 0. The van der Waals surface area contributed by atoms with Crippen molar-refractivity contribution in [1.82, 2.24) is 0 Å². The molecule has 0 aliphatic rings. The van der Waals surface area contributed by atoms with Crippen molar-refractivity contribution in [3.63, 3.8) is 0 Å². The molecule has 0 nitrogen and oxygen atoms in total. The maximum Gasteiger partial charge on any atom is 0.299 e. The number of halogens is 2. The number of thioether (sulfide) groups is 1. The zero-order valence-corrected chi connectivity index (χ0v) is 5.27. The lowest BCUT2D eigenvalue weighted by molar-refractivity contribution is 0.215. The van der Waals surface area contributed by atoms with Gasteiger partial charge < -0.3 is 0 Å². The van der Waals surface area contributed by atoms with Crippen LogP contribution in [0.4, 0.5) is 8.78 Å². The van der Waals surface area contributed by atoms with E-state index in [1.165, 1.54) is 11.8 Å². The Morgan fingerprint density at radius 1 is 1.62 bits per heavy atom. The van der Waals surface area contributed by atoms with Gasteiger partial charge in [-0.3, -0.25) is 0 Å². The summed E-state index contributed by atoms with van der Waals surface area (Å²) in [5.41, 5.74) is 0. The van der Waals surface area contributed by atoms with Crippen LogP contribution in [0.15, 0.2) is 0 Å². The van der Waals surface area contributed by atoms with Crippen LogP contribution in [0.3, 0.4) is 0 Å². The van der Waals surface area contributed by atoms with Crippen LogP contribution in [0.5, 0.6) is 0 Å². The molecule has 0 amide bonds. The summed E-state index contributed by atoms with van der Waals surface area (Å²) in [6.45, 7) is 1.87. The number of alkyl halides is 2. The minimum absolute atomic E-state index is 0.764. The highest BCUT2D eigenvalue weighted by Crippen LogP contribution is 1.95. The smallest absolute Gasteiger partial charge is 0.196 e. The van der Waals surface area contributed by atoms with Gasteiger partial charge in [-0.15, -0.1) is 0 Å². The largest absolute Gasteiger partial charge is 0.299 e. The van der Waals surface area contributed by atoms with E-state index in [9.17, 15) is 8.78 Å². The second kappa shape index (κ2) is 4.92. The average Bonchev–Trinajstić information content (AvgIpc) is 1.66. The normalized spacial score (nSPS) is 8.50. The third-order valence-corrected chi connectivity index (χ3v) is 0.935. The van der Waals surface area contributed by atoms with Crippen molar-refractivity contribution in [1.29, 1.82) is 0 Å². The Hall–Kier alpha value is -0.230. The molecule has 0 aromatic heterocycles. The quantitative estimate of drug-likeness (QED) is 0.496. The maximum atomic E-state index is 11.2. The van der Waals surface area contributed by atoms with Crippen LogP contribution in [0.25, 0.3) is 0 Å². The first-order valence-corrected chi connectivity index (χ1v) is 3.16. The van der Waals surface area contributed by atoms with Gasteiger partial charge in [0, 0.05) is 5.75 Å². The Morgan fingerprint density at radius 3 is 2.62 bits per heavy atom. The van der Waals surface area contributed by atoms with Crippen LogP contribution >= 0.6 is 11.8 Å². The van der Waals surface area contributed by atoms with Gasteiger partial charge in [-0.05, 0) is 11.2 Å². The molecule has 0 bridgehead atoms. The van der Waals surface area contributed by atoms with Gasteiger partial charge in [0.25, 0.3) is 6.43 Å². The van der Waals surface area contributed by atoms with Crippen molar-refractivity contribution in [2.24, 2.45) is 0 Å². The molecular weight excluding hydrogens is 130 g/mol. The average molecular weight is 136 g/mol. The Bertz CT molecular complexity index is 101. The summed E-state index contributed by atoms with van der Waals surface area (Å²) in [5.74, 6) is 2.49. The molecule has 0 fully saturated rings. The monoisotopic (exact) mass is 136 g/mol. The van der Waals surface area contributed by atoms with E-state index in [1.54, 1.807) is 5.92 Å². The molecule has 0 spiro atoms. The Labute approximate surface area is 51.7 Å². The van der Waals surface area contributed by atoms with Crippen molar-refractivity contribution in [3.05, 3.63) is 0 Å². The molecule has 0 aliphatic carbocycles. The summed E-state index contributed by atoms with van der Waals surface area (Å²) in [6.07, 6.45) is -2.48. The predicted molar refractivity (Wildman–Crippen MR) is 31.9 cm³/mol. The minimum Gasteiger partial charge on any atom is -0.196 e. The first-order chi connectivity index (χ1) is 3.77. The molecule has 8 heavy (non-hydrogen) atoms. The lowest BCUT2D eigenvalue weighted by atomic mass is 10.8. The predicted octanol–water partition coefficient (Wildman–Crippen LogP) is 1.97. The van der Waals surface area contributed by atoms with Gasteiger partial charge in [0.15, 0.2) is 0 Å². The Balaban J connectivity index is 3.20. The molecule has 0 N–H and O–H groups in total. The number of hydrogen-bond acceptors (Lipinski definition) is 1. The zero-order chi connectivity index (χ0) is 6.41. The molecule has 0 saturated heterocycles. The fourth-order valence-corrected chi connectivity index (χ4v) is 0.475. The SMILES string of the molecule is CCSC#CC(F)F. The molecule has 0 aromatic rings. The van der Waals surface area contributed by atoms with E-state index >= 15 is 0 Å². The molecule has 3 heteroatoms. The van der Waals surface area contributed by atoms with Gasteiger partial charge >= 0.3 is 0 Å². The van der Waals surface area contributed by atoms with Crippen LogP contribution in [0, 0.1) is 11.2 Å². The highest BCUT2D eigenvalue weighted by Gasteiger charge is 1.89. The van der Waals surface area contributed by atoms with Crippen molar-refractivity contribution >= 4 is 11.8 Å².